The quantitative estimate of drug-likeness (QED) is 0.811. The average molecular weight is 333 g/mol. The standard InChI is InChI=1S/C12H17BrN2O2S/c1-8(7-16-2)14-12(18)15-10-6-9(13)4-5-11(10)17-3/h4-6,8H,7H2,1-3H3,(H2,14,15,18). The van der Waals surface area contributed by atoms with E-state index < -0.39 is 0 Å². The Labute approximate surface area is 121 Å². The smallest absolute Gasteiger partial charge is 0.171 e. The van der Waals surface area contributed by atoms with Crippen LogP contribution in [-0.2, 0) is 4.74 Å². The second kappa shape index (κ2) is 7.56. The predicted octanol–water partition coefficient (Wildman–Crippen LogP) is 2.78. The molecule has 2 N–H and O–H groups in total. The largest absolute Gasteiger partial charge is 0.495 e. The second-order valence-electron chi connectivity index (χ2n) is 3.80. The van der Waals surface area contributed by atoms with Gasteiger partial charge in [0.05, 0.1) is 19.4 Å². The van der Waals surface area contributed by atoms with Gasteiger partial charge in [-0.3, -0.25) is 0 Å². The third-order valence-corrected chi connectivity index (χ3v) is 2.92. The number of ether oxygens (including phenoxy) is 2. The summed E-state index contributed by atoms with van der Waals surface area (Å²) in [5.74, 6) is 0.738. The molecule has 1 unspecified atom stereocenters. The molecule has 0 bridgehead atoms. The van der Waals surface area contributed by atoms with E-state index in [4.69, 9.17) is 21.7 Å². The van der Waals surface area contributed by atoms with Crippen LogP contribution in [0.2, 0.25) is 0 Å². The Balaban J connectivity index is 2.66. The van der Waals surface area contributed by atoms with Gasteiger partial charge in [-0.1, -0.05) is 15.9 Å². The number of hydrogen-bond donors (Lipinski definition) is 2. The average Bonchev–Trinajstić information content (AvgIpc) is 2.29. The van der Waals surface area contributed by atoms with Crippen LogP contribution >= 0.6 is 28.1 Å². The van der Waals surface area contributed by atoms with E-state index in [2.05, 4.69) is 26.6 Å². The summed E-state index contributed by atoms with van der Waals surface area (Å²) < 4.78 is 11.3. The molecule has 1 aromatic carbocycles. The fourth-order valence-corrected chi connectivity index (χ4v) is 2.12. The first-order valence-corrected chi connectivity index (χ1v) is 6.67. The number of benzene rings is 1. The molecule has 0 amide bonds. The molecule has 18 heavy (non-hydrogen) atoms. The number of halogens is 1. The summed E-state index contributed by atoms with van der Waals surface area (Å²) in [6, 6.07) is 5.84. The molecule has 0 aliphatic rings. The van der Waals surface area contributed by atoms with E-state index in [1.807, 2.05) is 25.1 Å². The number of rotatable bonds is 5. The topological polar surface area (TPSA) is 42.5 Å². The zero-order chi connectivity index (χ0) is 13.5. The van der Waals surface area contributed by atoms with Gasteiger partial charge in [0, 0.05) is 17.6 Å². The van der Waals surface area contributed by atoms with Gasteiger partial charge >= 0.3 is 0 Å². The van der Waals surface area contributed by atoms with Crippen molar-refractivity contribution in [1.82, 2.24) is 5.32 Å². The Kier molecular flexibility index (Phi) is 6.38. The van der Waals surface area contributed by atoms with Gasteiger partial charge in [-0.2, -0.15) is 0 Å². The maximum Gasteiger partial charge on any atom is 0.171 e. The van der Waals surface area contributed by atoms with Crippen molar-refractivity contribution < 1.29 is 9.47 Å². The summed E-state index contributed by atoms with van der Waals surface area (Å²) in [5.41, 5.74) is 0.814. The molecule has 0 saturated carbocycles. The van der Waals surface area contributed by atoms with Crippen LogP contribution in [0.25, 0.3) is 0 Å². The molecule has 1 atom stereocenters. The van der Waals surface area contributed by atoms with E-state index in [0.717, 1.165) is 15.9 Å². The SMILES string of the molecule is COCC(C)NC(=S)Nc1cc(Br)ccc1OC. The van der Waals surface area contributed by atoms with Crippen molar-refractivity contribution in [2.24, 2.45) is 0 Å². The first-order chi connectivity index (χ1) is 8.56. The first-order valence-electron chi connectivity index (χ1n) is 5.46. The highest BCUT2D eigenvalue weighted by Crippen LogP contribution is 2.27. The van der Waals surface area contributed by atoms with E-state index >= 15 is 0 Å². The Morgan fingerprint density at radius 1 is 1.44 bits per heavy atom. The van der Waals surface area contributed by atoms with E-state index in [-0.39, 0.29) is 6.04 Å². The van der Waals surface area contributed by atoms with Gasteiger partial charge in [0.2, 0.25) is 0 Å². The predicted molar refractivity (Wildman–Crippen MR) is 81.4 cm³/mol. The van der Waals surface area contributed by atoms with Crippen LogP contribution in [0, 0.1) is 0 Å². The molecule has 100 valence electrons. The van der Waals surface area contributed by atoms with Crippen LogP contribution in [0.1, 0.15) is 6.92 Å². The maximum atomic E-state index is 5.26. The molecule has 6 heteroatoms. The summed E-state index contributed by atoms with van der Waals surface area (Å²) in [5, 5.41) is 6.76. The minimum Gasteiger partial charge on any atom is -0.495 e. The lowest BCUT2D eigenvalue weighted by molar-refractivity contribution is 0.179. The summed E-state index contributed by atoms with van der Waals surface area (Å²) in [7, 11) is 3.28. The minimum atomic E-state index is 0.146. The van der Waals surface area contributed by atoms with Crippen LogP contribution in [0.15, 0.2) is 22.7 Å². The first kappa shape index (κ1) is 15.2. The molecule has 0 fully saturated rings. The van der Waals surface area contributed by atoms with Gasteiger partial charge < -0.3 is 20.1 Å². The normalized spacial score (nSPS) is 11.8. The molecule has 4 nitrogen and oxygen atoms in total. The molecule has 0 aliphatic carbocycles. The van der Waals surface area contributed by atoms with Crippen LogP contribution in [-0.4, -0.2) is 32.0 Å². The summed E-state index contributed by atoms with van der Waals surface area (Å²) in [6.07, 6.45) is 0. The number of anilines is 1. The molecular weight excluding hydrogens is 316 g/mol. The molecule has 1 aromatic rings. The van der Waals surface area contributed by atoms with Crippen LogP contribution < -0.4 is 15.4 Å². The summed E-state index contributed by atoms with van der Waals surface area (Å²) >= 11 is 8.64. The molecule has 0 saturated heterocycles. The van der Waals surface area contributed by atoms with E-state index in [9.17, 15) is 0 Å². The highest BCUT2D eigenvalue weighted by atomic mass is 79.9. The third-order valence-electron chi connectivity index (χ3n) is 2.20. The van der Waals surface area contributed by atoms with Crippen LogP contribution in [0.5, 0.6) is 5.75 Å². The molecule has 0 aliphatic heterocycles. The number of methoxy groups -OCH3 is 2. The van der Waals surface area contributed by atoms with Crippen molar-refractivity contribution in [1.29, 1.82) is 0 Å². The van der Waals surface area contributed by atoms with Gasteiger partial charge in [-0.15, -0.1) is 0 Å². The van der Waals surface area contributed by atoms with Crippen molar-refractivity contribution in [2.45, 2.75) is 13.0 Å². The molecule has 0 heterocycles. The lowest BCUT2D eigenvalue weighted by Crippen LogP contribution is -2.38. The van der Waals surface area contributed by atoms with Gasteiger partial charge in [0.15, 0.2) is 5.11 Å². The molecule has 0 radical (unpaired) electrons. The number of nitrogens with one attached hydrogen (secondary N) is 2. The van der Waals surface area contributed by atoms with Gasteiger partial charge in [-0.25, -0.2) is 0 Å². The molecule has 1 rings (SSSR count). The molecular formula is C12H17BrN2O2S. The minimum absolute atomic E-state index is 0.146. The Bertz CT molecular complexity index is 415. The Hall–Kier alpha value is -0.850. The number of hydrogen-bond acceptors (Lipinski definition) is 3. The highest BCUT2D eigenvalue weighted by Gasteiger charge is 2.07. The maximum absolute atomic E-state index is 5.26. The van der Waals surface area contributed by atoms with Crippen molar-refractivity contribution >= 4 is 38.9 Å². The zero-order valence-electron chi connectivity index (χ0n) is 10.6. The second-order valence-corrected chi connectivity index (χ2v) is 5.12. The monoisotopic (exact) mass is 332 g/mol. The van der Waals surface area contributed by atoms with Gasteiger partial charge in [0.1, 0.15) is 5.75 Å². The fourth-order valence-electron chi connectivity index (χ4n) is 1.45. The van der Waals surface area contributed by atoms with Gasteiger partial charge in [-0.05, 0) is 37.3 Å². The van der Waals surface area contributed by atoms with Crippen molar-refractivity contribution in [2.75, 3.05) is 26.1 Å². The van der Waals surface area contributed by atoms with Crippen LogP contribution in [0.3, 0.4) is 0 Å². The van der Waals surface area contributed by atoms with Crippen LogP contribution in [0.4, 0.5) is 5.69 Å². The molecule has 0 aromatic heterocycles. The zero-order valence-corrected chi connectivity index (χ0v) is 13.0. The van der Waals surface area contributed by atoms with Crippen molar-refractivity contribution in [3.8, 4) is 5.75 Å². The van der Waals surface area contributed by atoms with E-state index in [0.29, 0.717) is 11.7 Å². The highest BCUT2D eigenvalue weighted by molar-refractivity contribution is 9.10. The summed E-state index contributed by atoms with van der Waals surface area (Å²) in [4.78, 5) is 0. The van der Waals surface area contributed by atoms with Crippen molar-refractivity contribution in [3.05, 3.63) is 22.7 Å². The Morgan fingerprint density at radius 3 is 2.78 bits per heavy atom. The molecule has 0 spiro atoms. The van der Waals surface area contributed by atoms with Gasteiger partial charge in [0.25, 0.3) is 0 Å². The van der Waals surface area contributed by atoms with Crippen molar-refractivity contribution in [3.63, 3.8) is 0 Å². The lowest BCUT2D eigenvalue weighted by Gasteiger charge is -2.17. The fraction of sp³-hybridized carbons (Fsp3) is 0.417. The third kappa shape index (κ3) is 4.80. The number of thiocarbonyl (C=S) groups is 1. The Morgan fingerprint density at radius 2 is 2.17 bits per heavy atom. The summed E-state index contributed by atoms with van der Waals surface area (Å²) in [6.45, 7) is 2.59. The van der Waals surface area contributed by atoms with E-state index in [1.165, 1.54) is 0 Å². The lowest BCUT2D eigenvalue weighted by atomic mass is 10.3. The van der Waals surface area contributed by atoms with E-state index in [1.54, 1.807) is 14.2 Å².